The van der Waals surface area contributed by atoms with Crippen molar-refractivity contribution in [1.82, 2.24) is 10.2 Å². The van der Waals surface area contributed by atoms with E-state index in [1.807, 2.05) is 4.90 Å². The number of rotatable bonds is 2. The smallest absolute Gasteiger partial charge is 0.254 e. The Labute approximate surface area is 147 Å². The van der Waals surface area contributed by atoms with Gasteiger partial charge in [0.25, 0.3) is 5.91 Å². The summed E-state index contributed by atoms with van der Waals surface area (Å²) >= 11 is 0. The van der Waals surface area contributed by atoms with E-state index in [1.54, 1.807) is 24.3 Å². The van der Waals surface area contributed by atoms with Gasteiger partial charge in [0.05, 0.1) is 11.4 Å². The zero-order valence-corrected chi connectivity index (χ0v) is 14.7. The largest absolute Gasteiger partial charge is 0.354 e. The van der Waals surface area contributed by atoms with Crippen molar-refractivity contribution in [2.24, 2.45) is 0 Å². The molecule has 1 N–H and O–H groups in total. The Morgan fingerprint density at radius 2 is 2.00 bits per heavy atom. The van der Waals surface area contributed by atoms with Gasteiger partial charge in [0.1, 0.15) is 0 Å². The first kappa shape index (κ1) is 16.4. The van der Waals surface area contributed by atoms with Crippen LogP contribution in [0.2, 0.25) is 0 Å². The van der Waals surface area contributed by atoms with Crippen molar-refractivity contribution in [1.29, 1.82) is 0 Å². The minimum absolute atomic E-state index is 0.0121. The number of amides is 2. The fourth-order valence-electron chi connectivity index (χ4n) is 4.08. The molecule has 2 amide bonds. The monoisotopic (exact) mass is 363 g/mol. The summed E-state index contributed by atoms with van der Waals surface area (Å²) < 4.78 is 25.6. The van der Waals surface area contributed by atoms with Gasteiger partial charge in [-0.3, -0.25) is 13.9 Å². The molecule has 3 fully saturated rings. The van der Waals surface area contributed by atoms with Crippen LogP contribution in [0.1, 0.15) is 36.0 Å². The summed E-state index contributed by atoms with van der Waals surface area (Å²) in [5.74, 6) is 0.0132. The molecule has 7 nitrogen and oxygen atoms in total. The quantitative estimate of drug-likeness (QED) is 0.839. The molecule has 4 rings (SSSR count). The van der Waals surface area contributed by atoms with E-state index in [0.29, 0.717) is 37.2 Å². The molecule has 0 saturated carbocycles. The number of fused-ring (bicyclic) bond motifs is 2. The van der Waals surface area contributed by atoms with Crippen LogP contribution in [-0.4, -0.2) is 56.1 Å². The first-order chi connectivity index (χ1) is 12.0. The van der Waals surface area contributed by atoms with Crippen molar-refractivity contribution in [3.05, 3.63) is 29.8 Å². The van der Waals surface area contributed by atoms with Gasteiger partial charge in [0.2, 0.25) is 15.9 Å². The predicted molar refractivity (Wildman–Crippen MR) is 92.8 cm³/mol. The molecule has 25 heavy (non-hydrogen) atoms. The van der Waals surface area contributed by atoms with E-state index >= 15 is 0 Å². The van der Waals surface area contributed by atoms with E-state index < -0.39 is 10.0 Å². The lowest BCUT2D eigenvalue weighted by Gasteiger charge is -2.28. The van der Waals surface area contributed by atoms with E-state index in [4.69, 9.17) is 0 Å². The fraction of sp³-hybridized carbons (Fsp3) is 0.529. The summed E-state index contributed by atoms with van der Waals surface area (Å²) in [6, 6.07) is 6.77. The molecule has 134 valence electrons. The zero-order chi connectivity index (χ0) is 17.6. The van der Waals surface area contributed by atoms with Gasteiger partial charge in [0.15, 0.2) is 0 Å². The van der Waals surface area contributed by atoms with Crippen LogP contribution in [0, 0.1) is 0 Å². The maximum Gasteiger partial charge on any atom is 0.254 e. The Balaban J connectivity index is 1.63. The van der Waals surface area contributed by atoms with Crippen LogP contribution >= 0.6 is 0 Å². The molecular formula is C17H21N3O4S. The van der Waals surface area contributed by atoms with E-state index in [9.17, 15) is 18.0 Å². The van der Waals surface area contributed by atoms with Crippen LogP contribution in [-0.2, 0) is 14.8 Å². The Morgan fingerprint density at radius 1 is 1.20 bits per heavy atom. The molecule has 2 atom stereocenters. The number of sulfonamides is 1. The summed E-state index contributed by atoms with van der Waals surface area (Å²) in [6.07, 6.45) is 2.66. The molecule has 8 heteroatoms. The van der Waals surface area contributed by atoms with Crippen molar-refractivity contribution in [3.8, 4) is 0 Å². The third-order valence-electron chi connectivity index (χ3n) is 5.29. The molecule has 0 aromatic heterocycles. The molecule has 0 spiro atoms. The van der Waals surface area contributed by atoms with Gasteiger partial charge in [0, 0.05) is 37.2 Å². The van der Waals surface area contributed by atoms with E-state index in [2.05, 4.69) is 5.32 Å². The molecule has 3 aliphatic heterocycles. The van der Waals surface area contributed by atoms with Crippen LogP contribution in [0.4, 0.5) is 5.69 Å². The summed E-state index contributed by atoms with van der Waals surface area (Å²) in [5.41, 5.74) is 1.02. The van der Waals surface area contributed by atoms with Crippen molar-refractivity contribution < 1.29 is 18.0 Å². The Morgan fingerprint density at radius 3 is 2.76 bits per heavy atom. The second-order valence-corrected chi connectivity index (χ2v) is 8.91. The van der Waals surface area contributed by atoms with Gasteiger partial charge >= 0.3 is 0 Å². The van der Waals surface area contributed by atoms with Crippen LogP contribution in [0.25, 0.3) is 0 Å². The maximum absolute atomic E-state index is 13.1. The zero-order valence-electron chi connectivity index (χ0n) is 13.8. The van der Waals surface area contributed by atoms with Crippen LogP contribution in [0.15, 0.2) is 24.3 Å². The van der Waals surface area contributed by atoms with Crippen LogP contribution in [0.5, 0.6) is 0 Å². The van der Waals surface area contributed by atoms with E-state index in [-0.39, 0.29) is 29.7 Å². The first-order valence-electron chi connectivity index (χ1n) is 8.65. The fourth-order valence-corrected chi connectivity index (χ4v) is 5.64. The van der Waals surface area contributed by atoms with Gasteiger partial charge in [-0.2, -0.15) is 0 Å². The number of nitrogens with zero attached hydrogens (tertiary/aromatic N) is 2. The number of hydrogen-bond donors (Lipinski definition) is 1. The SMILES string of the molecule is O=C1CC2CCC(CN1)N2C(=O)c1cccc(N2CCCS2(=O)=O)c1. The third kappa shape index (κ3) is 2.88. The molecule has 1 aromatic rings. The standard InChI is InChI=1S/C17H21N3O4S/c21-16-10-14-5-6-15(11-18-16)20(14)17(22)12-3-1-4-13(9-12)19-7-2-8-25(19,23)24/h1,3-4,9,14-15H,2,5-8,10-11H2,(H,18,21). The highest BCUT2D eigenvalue weighted by Gasteiger charge is 2.40. The van der Waals surface area contributed by atoms with Crippen molar-refractivity contribution in [3.63, 3.8) is 0 Å². The van der Waals surface area contributed by atoms with Gasteiger partial charge < -0.3 is 10.2 Å². The van der Waals surface area contributed by atoms with Crippen molar-refractivity contribution in [2.45, 2.75) is 37.8 Å². The first-order valence-corrected chi connectivity index (χ1v) is 10.3. The number of nitrogens with one attached hydrogen (secondary N) is 1. The normalized spacial score (nSPS) is 27.9. The molecule has 2 bridgehead atoms. The molecule has 0 aliphatic carbocycles. The second kappa shape index (κ2) is 6.01. The number of carbonyl (C=O) groups is 2. The van der Waals surface area contributed by atoms with Gasteiger partial charge in [-0.1, -0.05) is 6.07 Å². The van der Waals surface area contributed by atoms with E-state index in [0.717, 1.165) is 12.8 Å². The lowest BCUT2D eigenvalue weighted by molar-refractivity contribution is -0.121. The molecule has 3 aliphatic rings. The summed E-state index contributed by atoms with van der Waals surface area (Å²) in [7, 11) is -3.28. The van der Waals surface area contributed by atoms with Crippen molar-refractivity contribution >= 4 is 27.5 Å². The molecule has 3 saturated heterocycles. The van der Waals surface area contributed by atoms with Gasteiger partial charge in [-0.25, -0.2) is 8.42 Å². The Hall–Kier alpha value is -2.09. The minimum Gasteiger partial charge on any atom is -0.354 e. The summed E-state index contributed by atoms with van der Waals surface area (Å²) in [6.45, 7) is 0.939. The second-order valence-electron chi connectivity index (χ2n) is 6.90. The molecular weight excluding hydrogens is 342 g/mol. The number of carbonyl (C=O) groups excluding carboxylic acids is 2. The lowest BCUT2D eigenvalue weighted by atomic mass is 10.1. The Bertz CT molecular complexity index is 823. The molecule has 2 unspecified atom stereocenters. The minimum atomic E-state index is -3.28. The highest BCUT2D eigenvalue weighted by atomic mass is 32.2. The number of anilines is 1. The van der Waals surface area contributed by atoms with Crippen LogP contribution in [0.3, 0.4) is 0 Å². The highest BCUT2D eigenvalue weighted by Crippen LogP contribution is 2.31. The summed E-state index contributed by atoms with van der Waals surface area (Å²) in [4.78, 5) is 26.6. The molecule has 1 aromatic carbocycles. The van der Waals surface area contributed by atoms with E-state index in [1.165, 1.54) is 4.31 Å². The molecule has 0 radical (unpaired) electrons. The Kier molecular flexibility index (Phi) is 3.94. The topological polar surface area (TPSA) is 86.8 Å². The average Bonchev–Trinajstić information content (AvgIpc) is 3.09. The third-order valence-corrected chi connectivity index (χ3v) is 7.16. The number of hydrogen-bond acceptors (Lipinski definition) is 4. The molecule has 3 heterocycles. The number of benzene rings is 1. The van der Waals surface area contributed by atoms with Crippen LogP contribution < -0.4 is 9.62 Å². The van der Waals surface area contributed by atoms with Gasteiger partial charge in [-0.15, -0.1) is 0 Å². The maximum atomic E-state index is 13.1. The predicted octanol–water partition coefficient (Wildman–Crippen LogP) is 0.720. The van der Waals surface area contributed by atoms with Crippen molar-refractivity contribution in [2.75, 3.05) is 23.1 Å². The average molecular weight is 363 g/mol. The highest BCUT2D eigenvalue weighted by molar-refractivity contribution is 7.93. The lowest BCUT2D eigenvalue weighted by Crippen LogP contribution is -2.42. The summed E-state index contributed by atoms with van der Waals surface area (Å²) in [5, 5.41) is 2.86. The van der Waals surface area contributed by atoms with Gasteiger partial charge in [-0.05, 0) is 37.5 Å².